The molecule has 0 N–H and O–H groups in total. The van der Waals surface area contributed by atoms with Gasteiger partial charge in [-0.15, -0.1) is 0 Å². The molecule has 4 aromatic rings. The number of piperidine rings is 1. The maximum atomic E-state index is 13.3. The molecule has 0 aliphatic carbocycles. The summed E-state index contributed by atoms with van der Waals surface area (Å²) in [6.07, 6.45) is 14.9. The van der Waals surface area contributed by atoms with Crippen molar-refractivity contribution in [1.82, 2.24) is 34.2 Å². The van der Waals surface area contributed by atoms with E-state index >= 15 is 0 Å². The van der Waals surface area contributed by atoms with Gasteiger partial charge in [0.15, 0.2) is 5.65 Å². The Morgan fingerprint density at radius 2 is 2.10 bits per heavy atom. The van der Waals surface area contributed by atoms with Gasteiger partial charge < -0.3 is 9.47 Å². The van der Waals surface area contributed by atoms with Gasteiger partial charge in [0.05, 0.1) is 18.4 Å². The summed E-state index contributed by atoms with van der Waals surface area (Å²) in [7, 11) is 0. The van der Waals surface area contributed by atoms with Gasteiger partial charge in [0.1, 0.15) is 5.52 Å². The van der Waals surface area contributed by atoms with E-state index in [1.807, 2.05) is 50.8 Å². The fraction of sp³-hybridized carbons (Fsp3) is 0.348. The van der Waals surface area contributed by atoms with E-state index in [-0.39, 0.29) is 11.9 Å². The third-order valence-corrected chi connectivity index (χ3v) is 5.92. The fourth-order valence-electron chi connectivity index (χ4n) is 4.32. The van der Waals surface area contributed by atoms with Crippen LogP contribution in [-0.2, 0) is 13.1 Å². The number of imidazole rings is 1. The molecule has 1 atom stereocenters. The van der Waals surface area contributed by atoms with Crippen LogP contribution in [0.2, 0.25) is 0 Å². The van der Waals surface area contributed by atoms with E-state index in [2.05, 4.69) is 20.1 Å². The average molecular weight is 416 g/mol. The molecule has 31 heavy (non-hydrogen) atoms. The summed E-state index contributed by atoms with van der Waals surface area (Å²) in [6, 6.07) is 7.96. The maximum absolute atomic E-state index is 13.3. The van der Waals surface area contributed by atoms with Gasteiger partial charge in [0.25, 0.3) is 5.91 Å². The lowest BCUT2D eigenvalue weighted by molar-refractivity contribution is 0.0593. The number of carbonyl (C=O) groups excluding carboxylic acids is 1. The van der Waals surface area contributed by atoms with Crippen LogP contribution in [0.1, 0.15) is 41.6 Å². The minimum atomic E-state index is 0.0429. The normalized spacial score (nSPS) is 16.6. The predicted molar refractivity (Wildman–Crippen MR) is 116 cm³/mol. The molecule has 1 amide bonds. The van der Waals surface area contributed by atoms with Gasteiger partial charge in [-0.1, -0.05) is 6.07 Å². The maximum Gasteiger partial charge on any atom is 0.255 e. The smallest absolute Gasteiger partial charge is 0.255 e. The van der Waals surface area contributed by atoms with Crippen molar-refractivity contribution < 1.29 is 4.79 Å². The van der Waals surface area contributed by atoms with E-state index in [1.165, 1.54) is 0 Å². The van der Waals surface area contributed by atoms with Gasteiger partial charge in [-0.3, -0.25) is 14.5 Å². The number of likely N-dealkylation sites (tertiary alicyclic amines) is 1. The van der Waals surface area contributed by atoms with E-state index in [0.29, 0.717) is 12.1 Å². The van der Waals surface area contributed by atoms with Crippen LogP contribution in [0.3, 0.4) is 0 Å². The zero-order valence-corrected chi connectivity index (χ0v) is 17.3. The highest BCUT2D eigenvalue weighted by Gasteiger charge is 2.28. The Labute approximate surface area is 180 Å². The minimum Gasteiger partial charge on any atom is -0.336 e. The zero-order valence-electron chi connectivity index (χ0n) is 17.3. The van der Waals surface area contributed by atoms with Gasteiger partial charge in [-0.05, 0) is 49.4 Å². The second-order valence-corrected chi connectivity index (χ2v) is 8.01. The number of amides is 1. The van der Waals surface area contributed by atoms with Crippen LogP contribution in [0, 0.1) is 0 Å². The molecule has 8 nitrogen and oxygen atoms in total. The molecule has 1 fully saturated rings. The molecule has 1 unspecified atom stereocenters. The Kier molecular flexibility index (Phi) is 5.43. The number of aromatic nitrogens is 6. The van der Waals surface area contributed by atoms with Crippen molar-refractivity contribution in [3.8, 4) is 0 Å². The average Bonchev–Trinajstić information content (AvgIpc) is 3.48. The van der Waals surface area contributed by atoms with Crippen LogP contribution in [0.5, 0.6) is 0 Å². The Morgan fingerprint density at radius 3 is 2.94 bits per heavy atom. The monoisotopic (exact) mass is 415 g/mol. The third kappa shape index (κ3) is 4.19. The Hall–Kier alpha value is -3.55. The molecule has 1 aliphatic heterocycles. The fourth-order valence-corrected chi connectivity index (χ4v) is 4.32. The molecule has 8 heteroatoms. The number of fused-ring (bicyclic) bond motifs is 1. The predicted octanol–water partition coefficient (Wildman–Crippen LogP) is 3.16. The highest BCUT2D eigenvalue weighted by molar-refractivity contribution is 5.96. The van der Waals surface area contributed by atoms with Gasteiger partial charge in [0, 0.05) is 50.1 Å². The van der Waals surface area contributed by atoms with Crippen molar-refractivity contribution >= 4 is 17.1 Å². The van der Waals surface area contributed by atoms with Crippen molar-refractivity contribution in [2.75, 3.05) is 6.54 Å². The summed E-state index contributed by atoms with van der Waals surface area (Å²) in [6.45, 7) is 2.25. The largest absolute Gasteiger partial charge is 0.336 e. The van der Waals surface area contributed by atoms with Gasteiger partial charge in [0.2, 0.25) is 0 Å². The molecule has 0 saturated carbocycles. The van der Waals surface area contributed by atoms with E-state index in [1.54, 1.807) is 24.9 Å². The van der Waals surface area contributed by atoms with Crippen molar-refractivity contribution in [3.05, 3.63) is 72.7 Å². The topological polar surface area (TPSA) is 81.7 Å². The van der Waals surface area contributed by atoms with Crippen LogP contribution in [-0.4, -0.2) is 52.7 Å². The lowest BCUT2D eigenvalue weighted by Crippen LogP contribution is -2.44. The molecule has 5 heterocycles. The summed E-state index contributed by atoms with van der Waals surface area (Å²) in [5, 5.41) is 4.28. The first-order chi connectivity index (χ1) is 15.3. The van der Waals surface area contributed by atoms with Crippen LogP contribution in [0.4, 0.5) is 0 Å². The number of nitrogens with zero attached hydrogens (tertiary/aromatic N) is 7. The molecule has 4 aromatic heterocycles. The first-order valence-electron chi connectivity index (χ1n) is 10.8. The van der Waals surface area contributed by atoms with Gasteiger partial charge in [-0.25, -0.2) is 9.97 Å². The molecule has 5 rings (SSSR count). The van der Waals surface area contributed by atoms with E-state index in [0.717, 1.165) is 55.5 Å². The van der Waals surface area contributed by atoms with Crippen molar-refractivity contribution in [1.29, 1.82) is 0 Å². The first-order valence-corrected chi connectivity index (χ1v) is 10.8. The van der Waals surface area contributed by atoms with Gasteiger partial charge >= 0.3 is 0 Å². The van der Waals surface area contributed by atoms with Crippen LogP contribution < -0.4 is 0 Å². The number of carbonyl (C=O) groups is 1. The third-order valence-electron chi connectivity index (χ3n) is 5.92. The van der Waals surface area contributed by atoms with Crippen molar-refractivity contribution in [2.24, 2.45) is 0 Å². The molecule has 0 spiro atoms. The highest BCUT2D eigenvalue weighted by atomic mass is 16.2. The van der Waals surface area contributed by atoms with Crippen LogP contribution >= 0.6 is 0 Å². The molecular weight excluding hydrogens is 390 g/mol. The van der Waals surface area contributed by atoms with Crippen LogP contribution in [0.15, 0.2) is 61.6 Å². The number of hydrogen-bond donors (Lipinski definition) is 0. The quantitative estimate of drug-likeness (QED) is 0.483. The van der Waals surface area contributed by atoms with Crippen molar-refractivity contribution in [2.45, 2.75) is 44.8 Å². The number of rotatable bonds is 6. The Balaban J connectivity index is 1.33. The minimum absolute atomic E-state index is 0.0429. The molecule has 158 valence electrons. The van der Waals surface area contributed by atoms with E-state index in [9.17, 15) is 4.79 Å². The summed E-state index contributed by atoms with van der Waals surface area (Å²) >= 11 is 0. The van der Waals surface area contributed by atoms with E-state index in [4.69, 9.17) is 0 Å². The molecule has 1 aliphatic rings. The van der Waals surface area contributed by atoms with Crippen LogP contribution in [0.25, 0.3) is 11.2 Å². The summed E-state index contributed by atoms with van der Waals surface area (Å²) in [5.41, 5.74) is 3.19. The summed E-state index contributed by atoms with van der Waals surface area (Å²) in [5.74, 6) is 0.0429. The Bertz CT molecular complexity index is 1150. The standard InChI is InChI=1S/C23H25N7O/c31-23(30-11-2-1-6-20(30)7-12-29-10-4-9-27-29)19-13-21-22(25-15-19)28(17-26-21)16-18-5-3-8-24-14-18/h3-5,8-10,13-15,17,20H,1-2,6-7,11-12,16H2. The second-order valence-electron chi connectivity index (χ2n) is 8.01. The summed E-state index contributed by atoms with van der Waals surface area (Å²) < 4.78 is 3.91. The van der Waals surface area contributed by atoms with Gasteiger partial charge in [-0.2, -0.15) is 5.10 Å². The Morgan fingerprint density at radius 1 is 1.13 bits per heavy atom. The van der Waals surface area contributed by atoms with E-state index < -0.39 is 0 Å². The van der Waals surface area contributed by atoms with Crippen molar-refractivity contribution in [3.63, 3.8) is 0 Å². The molecule has 0 radical (unpaired) electrons. The number of hydrogen-bond acceptors (Lipinski definition) is 5. The molecular formula is C23H25N7O. The SMILES string of the molecule is O=C(c1cnc2c(c1)ncn2Cc1cccnc1)N1CCCCC1CCn1cccn1. The number of aryl methyl sites for hydroxylation is 1. The number of pyridine rings is 2. The zero-order chi connectivity index (χ0) is 21.0. The summed E-state index contributed by atoms with van der Waals surface area (Å²) in [4.78, 5) is 28.6. The first kappa shape index (κ1) is 19.4. The molecule has 0 aromatic carbocycles. The lowest BCUT2D eigenvalue weighted by atomic mass is 9.98. The molecule has 0 bridgehead atoms. The lowest BCUT2D eigenvalue weighted by Gasteiger charge is -2.36. The molecule has 1 saturated heterocycles. The second kappa shape index (κ2) is 8.67. The highest BCUT2D eigenvalue weighted by Crippen LogP contribution is 2.23.